The van der Waals surface area contributed by atoms with Gasteiger partial charge in [0.2, 0.25) is 5.95 Å². The third-order valence-corrected chi connectivity index (χ3v) is 7.01. The largest absolute Gasteiger partial charge is 0.487 e. The second kappa shape index (κ2) is 10.0. The lowest BCUT2D eigenvalue weighted by atomic mass is 9.92. The predicted octanol–water partition coefficient (Wildman–Crippen LogP) is 1.66. The van der Waals surface area contributed by atoms with Crippen molar-refractivity contribution in [2.75, 3.05) is 36.0 Å². The maximum Gasteiger partial charge on any atom is 0.324 e. The van der Waals surface area contributed by atoms with Crippen molar-refractivity contribution in [2.45, 2.75) is 51.3 Å². The first-order valence-corrected chi connectivity index (χ1v) is 12.3. The summed E-state index contributed by atoms with van der Waals surface area (Å²) < 4.78 is 13.2. The number of pyridine rings is 1. The zero-order valence-corrected chi connectivity index (χ0v) is 20.2. The molecule has 11 nitrogen and oxygen atoms in total. The Kier molecular flexibility index (Phi) is 6.67. The van der Waals surface area contributed by atoms with Gasteiger partial charge in [0.05, 0.1) is 24.5 Å². The van der Waals surface area contributed by atoms with Crippen LogP contribution in [0.25, 0.3) is 0 Å². The highest BCUT2D eigenvalue weighted by Crippen LogP contribution is 2.28. The molecule has 2 fully saturated rings. The van der Waals surface area contributed by atoms with E-state index in [1.165, 1.54) is 0 Å². The molecule has 5 rings (SSSR count). The van der Waals surface area contributed by atoms with E-state index in [9.17, 15) is 4.79 Å². The number of nitrogens with zero attached hydrogens (tertiary/aromatic N) is 7. The Labute approximate surface area is 203 Å². The zero-order valence-electron chi connectivity index (χ0n) is 20.2. The lowest BCUT2D eigenvalue weighted by molar-refractivity contribution is 0.131. The van der Waals surface area contributed by atoms with Crippen LogP contribution in [0.15, 0.2) is 46.1 Å². The third-order valence-electron chi connectivity index (χ3n) is 7.01. The minimum Gasteiger partial charge on any atom is -0.487 e. The molecular weight excluding hydrogens is 448 g/mol. The van der Waals surface area contributed by atoms with Crippen LogP contribution in [0.5, 0.6) is 5.75 Å². The third kappa shape index (κ3) is 5.00. The average Bonchev–Trinajstić information content (AvgIpc) is 3.52. The van der Waals surface area contributed by atoms with Crippen LogP contribution in [-0.2, 0) is 6.42 Å². The van der Waals surface area contributed by atoms with E-state index >= 15 is 0 Å². The van der Waals surface area contributed by atoms with Gasteiger partial charge in [-0.15, -0.1) is 0 Å². The van der Waals surface area contributed by atoms with Gasteiger partial charge in [-0.2, -0.15) is 4.98 Å². The first kappa shape index (κ1) is 23.3. The van der Waals surface area contributed by atoms with Crippen molar-refractivity contribution in [3.8, 4) is 5.75 Å². The van der Waals surface area contributed by atoms with Gasteiger partial charge in [0, 0.05) is 50.9 Å². The molecule has 0 aliphatic carbocycles. The van der Waals surface area contributed by atoms with E-state index in [-0.39, 0.29) is 23.7 Å². The first-order chi connectivity index (χ1) is 17.0. The Hall–Kier alpha value is -3.47. The van der Waals surface area contributed by atoms with Crippen molar-refractivity contribution in [3.63, 3.8) is 0 Å². The molecule has 0 radical (unpaired) electrons. The fourth-order valence-corrected chi connectivity index (χ4v) is 4.90. The molecule has 5 heterocycles. The van der Waals surface area contributed by atoms with Crippen molar-refractivity contribution in [1.29, 1.82) is 0 Å². The predicted molar refractivity (Wildman–Crippen MR) is 131 cm³/mol. The average molecular weight is 481 g/mol. The Morgan fingerprint density at radius 2 is 1.94 bits per heavy atom. The van der Waals surface area contributed by atoms with Gasteiger partial charge >= 0.3 is 6.01 Å². The quantitative estimate of drug-likeness (QED) is 0.533. The number of nitrogens with two attached hydrogens (primary N) is 1. The smallest absolute Gasteiger partial charge is 0.324 e. The first-order valence-electron chi connectivity index (χ1n) is 12.3. The van der Waals surface area contributed by atoms with E-state index in [1.54, 1.807) is 35.3 Å². The van der Waals surface area contributed by atoms with Gasteiger partial charge in [-0.1, -0.05) is 18.1 Å². The van der Waals surface area contributed by atoms with Crippen LogP contribution in [-0.4, -0.2) is 63.0 Å². The van der Waals surface area contributed by atoms with Crippen LogP contribution < -0.4 is 25.8 Å². The van der Waals surface area contributed by atoms with Gasteiger partial charge in [0.1, 0.15) is 0 Å². The van der Waals surface area contributed by atoms with E-state index < -0.39 is 0 Å². The standard InChI is InChI=1S/C24H32N8O3/c1-3-21-28-24(35-29-21)30-10-7-17(8-11-30)16(2)34-18-12-26-23(27-13-18)31-14-19(25)20(15-31)32-9-5-4-6-22(32)33/h4-6,9,12-13,16-17,19-20H,3,7-8,10-11,14-15,25H2,1-2H3/t16-,19-,20-/m0/s1. The molecule has 186 valence electrons. The van der Waals surface area contributed by atoms with Crippen molar-refractivity contribution in [1.82, 2.24) is 24.7 Å². The molecule has 2 N–H and O–H groups in total. The molecular formula is C24H32N8O3. The van der Waals surface area contributed by atoms with Crippen molar-refractivity contribution >= 4 is 12.0 Å². The van der Waals surface area contributed by atoms with Crippen molar-refractivity contribution in [2.24, 2.45) is 11.7 Å². The Balaban J connectivity index is 1.15. The number of aryl methyl sites for hydroxylation is 1. The van der Waals surface area contributed by atoms with E-state index in [4.69, 9.17) is 15.0 Å². The summed E-state index contributed by atoms with van der Waals surface area (Å²) in [6, 6.07) is 5.45. The highest BCUT2D eigenvalue weighted by Gasteiger charge is 2.33. The number of hydrogen-bond donors (Lipinski definition) is 1. The highest BCUT2D eigenvalue weighted by atomic mass is 16.5. The van der Waals surface area contributed by atoms with E-state index in [0.717, 1.165) is 38.2 Å². The summed E-state index contributed by atoms with van der Waals surface area (Å²) >= 11 is 0. The maximum atomic E-state index is 12.2. The molecule has 3 aromatic heterocycles. The Morgan fingerprint density at radius 1 is 1.17 bits per heavy atom. The summed E-state index contributed by atoms with van der Waals surface area (Å²) in [6.45, 7) is 7.00. The SMILES string of the molecule is CCc1noc(N2CCC([C@H](C)Oc3cnc(N4C[C@H](N)[C@@H](n5ccccc5=O)C4)nc3)CC2)n1. The van der Waals surface area contributed by atoms with Gasteiger partial charge in [-0.05, 0) is 31.7 Å². The number of ether oxygens (including phenoxy) is 1. The lowest BCUT2D eigenvalue weighted by Gasteiger charge is -2.33. The molecule has 0 saturated carbocycles. The van der Waals surface area contributed by atoms with E-state index in [1.807, 2.05) is 17.9 Å². The summed E-state index contributed by atoms with van der Waals surface area (Å²) in [5, 5.41) is 3.99. The van der Waals surface area contributed by atoms with Crippen LogP contribution in [0.1, 0.15) is 38.6 Å². The Morgan fingerprint density at radius 3 is 2.63 bits per heavy atom. The van der Waals surface area contributed by atoms with Crippen LogP contribution in [0.3, 0.4) is 0 Å². The molecule has 0 spiro atoms. The molecule has 11 heteroatoms. The number of piperidine rings is 1. The molecule has 3 atom stereocenters. The molecule has 0 amide bonds. The van der Waals surface area contributed by atoms with E-state index in [2.05, 4.69) is 31.9 Å². The molecule has 2 aliphatic heterocycles. The summed E-state index contributed by atoms with van der Waals surface area (Å²) in [4.78, 5) is 29.8. The molecule has 3 aromatic rings. The monoisotopic (exact) mass is 480 g/mol. The fourth-order valence-electron chi connectivity index (χ4n) is 4.90. The van der Waals surface area contributed by atoms with Crippen molar-refractivity contribution < 1.29 is 9.26 Å². The maximum absolute atomic E-state index is 12.2. The molecule has 0 aromatic carbocycles. The van der Waals surface area contributed by atoms with E-state index in [0.29, 0.717) is 36.7 Å². The number of anilines is 2. The number of aromatic nitrogens is 5. The topological polar surface area (TPSA) is 128 Å². The van der Waals surface area contributed by atoms with Gasteiger partial charge in [0.15, 0.2) is 11.6 Å². The van der Waals surface area contributed by atoms with Gasteiger partial charge in [0.25, 0.3) is 5.56 Å². The van der Waals surface area contributed by atoms with Crippen LogP contribution in [0.4, 0.5) is 12.0 Å². The van der Waals surface area contributed by atoms with Crippen molar-refractivity contribution in [3.05, 3.63) is 53.0 Å². The normalized spacial score (nSPS) is 21.9. The second-order valence-electron chi connectivity index (χ2n) is 9.30. The summed E-state index contributed by atoms with van der Waals surface area (Å²) in [6.07, 6.45) is 7.98. The lowest BCUT2D eigenvalue weighted by Crippen LogP contribution is -2.38. The highest BCUT2D eigenvalue weighted by molar-refractivity contribution is 5.35. The zero-order chi connectivity index (χ0) is 24.4. The van der Waals surface area contributed by atoms with Gasteiger partial charge in [-0.25, -0.2) is 9.97 Å². The van der Waals surface area contributed by atoms with Gasteiger partial charge in [-0.3, -0.25) is 4.79 Å². The fraction of sp³-hybridized carbons (Fsp3) is 0.542. The Bertz CT molecular complexity index is 1170. The van der Waals surface area contributed by atoms with Gasteiger partial charge < -0.3 is 29.4 Å². The number of rotatable bonds is 7. The molecule has 0 bridgehead atoms. The van der Waals surface area contributed by atoms with Crippen LogP contribution in [0.2, 0.25) is 0 Å². The molecule has 2 aliphatic rings. The molecule has 35 heavy (non-hydrogen) atoms. The number of hydrogen-bond acceptors (Lipinski definition) is 10. The van der Waals surface area contributed by atoms with Crippen LogP contribution in [0, 0.1) is 5.92 Å². The second-order valence-corrected chi connectivity index (χ2v) is 9.30. The molecule has 0 unspecified atom stereocenters. The summed E-state index contributed by atoms with van der Waals surface area (Å²) in [7, 11) is 0. The minimum atomic E-state index is -0.179. The van der Waals surface area contributed by atoms with Crippen LogP contribution >= 0.6 is 0 Å². The minimum absolute atomic E-state index is 0.0371. The summed E-state index contributed by atoms with van der Waals surface area (Å²) in [5.74, 6) is 2.39. The molecule has 2 saturated heterocycles. The summed E-state index contributed by atoms with van der Waals surface area (Å²) in [5.41, 5.74) is 6.29.